The van der Waals surface area contributed by atoms with Gasteiger partial charge in [-0.05, 0) is 39.0 Å². The lowest BCUT2D eigenvalue weighted by Crippen LogP contribution is -2.63. The lowest BCUT2D eigenvalue weighted by Gasteiger charge is -2.52. The van der Waals surface area contributed by atoms with E-state index in [2.05, 4.69) is 19.2 Å². The summed E-state index contributed by atoms with van der Waals surface area (Å²) in [5.74, 6) is 0. The van der Waals surface area contributed by atoms with Crippen molar-refractivity contribution >= 4 is 6.09 Å². The predicted molar refractivity (Wildman–Crippen MR) is 62.2 cm³/mol. The van der Waals surface area contributed by atoms with Gasteiger partial charge in [0.1, 0.15) is 5.60 Å². The summed E-state index contributed by atoms with van der Waals surface area (Å²) in [6, 6.07) is 0. The first-order valence-electron chi connectivity index (χ1n) is 5.70. The van der Waals surface area contributed by atoms with Gasteiger partial charge < -0.3 is 15.2 Å². The van der Waals surface area contributed by atoms with Gasteiger partial charge in [-0.25, -0.2) is 4.79 Å². The minimum Gasteiger partial charge on any atom is -0.444 e. The Balaban J connectivity index is 2.50. The first kappa shape index (κ1) is 13.3. The fraction of sp³-hybridized carbons (Fsp3) is 0.917. The van der Waals surface area contributed by atoms with E-state index in [9.17, 15) is 9.90 Å². The Bertz CT molecular complexity index is 270. The van der Waals surface area contributed by atoms with Gasteiger partial charge in [0, 0.05) is 0 Å². The summed E-state index contributed by atoms with van der Waals surface area (Å²) in [5.41, 5.74) is -0.788. The van der Waals surface area contributed by atoms with E-state index in [1.807, 2.05) is 20.8 Å². The molecule has 1 saturated carbocycles. The van der Waals surface area contributed by atoms with Crippen LogP contribution in [0.1, 0.15) is 47.5 Å². The molecule has 0 aromatic rings. The fourth-order valence-corrected chi connectivity index (χ4v) is 2.54. The van der Waals surface area contributed by atoms with Crippen molar-refractivity contribution < 1.29 is 14.6 Å². The van der Waals surface area contributed by atoms with E-state index in [1.165, 1.54) is 0 Å². The van der Waals surface area contributed by atoms with E-state index in [1.54, 1.807) is 0 Å². The van der Waals surface area contributed by atoms with Gasteiger partial charge in [-0.15, -0.1) is 0 Å². The number of carbonyl (C=O) groups is 1. The molecular formula is C12H23NO3. The maximum Gasteiger partial charge on any atom is 0.408 e. The summed E-state index contributed by atoms with van der Waals surface area (Å²) >= 11 is 0. The third kappa shape index (κ3) is 3.37. The van der Waals surface area contributed by atoms with Gasteiger partial charge in [-0.3, -0.25) is 0 Å². The summed E-state index contributed by atoms with van der Waals surface area (Å²) < 4.78 is 5.18. The zero-order valence-electron chi connectivity index (χ0n) is 10.9. The zero-order chi connectivity index (χ0) is 12.6. The second-order valence-corrected chi connectivity index (χ2v) is 6.58. The second kappa shape index (κ2) is 3.91. The van der Waals surface area contributed by atoms with E-state index < -0.39 is 17.2 Å². The summed E-state index contributed by atoms with van der Waals surface area (Å²) in [5, 5.41) is 12.1. The molecule has 1 fully saturated rings. The number of hydrogen-bond donors (Lipinski definition) is 2. The van der Waals surface area contributed by atoms with Crippen molar-refractivity contribution in [3.05, 3.63) is 0 Å². The molecule has 0 unspecified atom stereocenters. The molecule has 0 atom stereocenters. The lowest BCUT2D eigenvalue weighted by atomic mass is 9.59. The number of hydrogen-bond acceptors (Lipinski definition) is 3. The highest BCUT2D eigenvalue weighted by molar-refractivity contribution is 5.69. The first-order chi connectivity index (χ1) is 7.08. The average Bonchev–Trinajstić information content (AvgIpc) is 1.96. The van der Waals surface area contributed by atoms with Crippen molar-refractivity contribution in [2.45, 2.75) is 58.6 Å². The van der Waals surface area contributed by atoms with Crippen LogP contribution in [0.15, 0.2) is 0 Å². The summed E-state index contributed by atoms with van der Waals surface area (Å²) in [6.45, 7) is 9.68. The quantitative estimate of drug-likeness (QED) is 0.762. The number of ether oxygens (including phenoxy) is 1. The SMILES string of the molecule is CC1(C)CC(CO)(NC(=O)OC(C)(C)C)C1. The van der Waals surface area contributed by atoms with Crippen LogP contribution < -0.4 is 5.32 Å². The Hall–Kier alpha value is -0.770. The predicted octanol–water partition coefficient (Wildman–Crippen LogP) is 2.06. The molecule has 16 heavy (non-hydrogen) atoms. The normalized spacial score (nSPS) is 22.1. The molecule has 4 heteroatoms. The van der Waals surface area contributed by atoms with Crippen LogP contribution in [0.25, 0.3) is 0 Å². The molecule has 1 rings (SSSR count). The molecule has 0 aliphatic heterocycles. The van der Waals surface area contributed by atoms with E-state index in [0.717, 1.165) is 12.8 Å². The Labute approximate surface area is 97.4 Å². The van der Waals surface area contributed by atoms with Gasteiger partial charge in [0.25, 0.3) is 0 Å². The highest BCUT2D eigenvalue weighted by atomic mass is 16.6. The largest absolute Gasteiger partial charge is 0.444 e. The molecule has 0 aromatic carbocycles. The van der Waals surface area contributed by atoms with Crippen molar-refractivity contribution in [3.63, 3.8) is 0 Å². The minimum atomic E-state index is -0.500. The van der Waals surface area contributed by atoms with Crippen LogP contribution in [0.3, 0.4) is 0 Å². The van der Waals surface area contributed by atoms with E-state index in [-0.39, 0.29) is 12.0 Å². The molecule has 0 bridgehead atoms. The molecule has 2 N–H and O–H groups in total. The Morgan fingerprint density at radius 2 is 1.88 bits per heavy atom. The standard InChI is InChI=1S/C12H23NO3/c1-10(2,3)16-9(15)13-12(8-14)6-11(4,5)7-12/h14H,6-8H2,1-5H3,(H,13,15). The first-order valence-corrected chi connectivity index (χ1v) is 5.70. The van der Waals surface area contributed by atoms with Crippen LogP contribution in [-0.4, -0.2) is 28.9 Å². The van der Waals surface area contributed by atoms with Gasteiger partial charge >= 0.3 is 6.09 Å². The number of alkyl carbamates (subject to hydrolysis) is 1. The van der Waals surface area contributed by atoms with Crippen molar-refractivity contribution in [2.75, 3.05) is 6.61 Å². The van der Waals surface area contributed by atoms with Crippen LogP contribution in [0, 0.1) is 5.41 Å². The van der Waals surface area contributed by atoms with Gasteiger partial charge in [0.2, 0.25) is 0 Å². The van der Waals surface area contributed by atoms with Crippen molar-refractivity contribution in [3.8, 4) is 0 Å². The number of amides is 1. The number of rotatable bonds is 2. The lowest BCUT2D eigenvalue weighted by molar-refractivity contribution is -0.0223. The van der Waals surface area contributed by atoms with E-state index in [0.29, 0.717) is 0 Å². The van der Waals surface area contributed by atoms with Crippen molar-refractivity contribution in [1.82, 2.24) is 5.32 Å². The number of aliphatic hydroxyl groups is 1. The van der Waals surface area contributed by atoms with E-state index in [4.69, 9.17) is 4.74 Å². The van der Waals surface area contributed by atoms with Crippen LogP contribution in [-0.2, 0) is 4.74 Å². The third-order valence-corrected chi connectivity index (χ3v) is 2.70. The summed E-state index contributed by atoms with van der Waals surface area (Å²) in [6.07, 6.45) is 1.13. The zero-order valence-corrected chi connectivity index (χ0v) is 10.9. The Morgan fingerprint density at radius 1 is 1.38 bits per heavy atom. The Morgan fingerprint density at radius 3 is 2.19 bits per heavy atom. The molecule has 1 amide bonds. The molecule has 0 spiro atoms. The highest BCUT2D eigenvalue weighted by Gasteiger charge is 2.50. The molecule has 4 nitrogen and oxygen atoms in total. The molecule has 1 aliphatic rings. The van der Waals surface area contributed by atoms with Gasteiger partial charge in [-0.2, -0.15) is 0 Å². The molecule has 0 aromatic heterocycles. The van der Waals surface area contributed by atoms with Crippen LogP contribution >= 0.6 is 0 Å². The summed E-state index contributed by atoms with van der Waals surface area (Å²) in [4.78, 5) is 11.6. The summed E-state index contributed by atoms with van der Waals surface area (Å²) in [7, 11) is 0. The number of nitrogens with one attached hydrogen (secondary N) is 1. The molecule has 0 radical (unpaired) electrons. The second-order valence-electron chi connectivity index (χ2n) is 6.58. The van der Waals surface area contributed by atoms with Crippen molar-refractivity contribution in [1.29, 1.82) is 0 Å². The van der Waals surface area contributed by atoms with Crippen LogP contribution in [0.5, 0.6) is 0 Å². The minimum absolute atomic E-state index is 0.0321. The highest BCUT2D eigenvalue weighted by Crippen LogP contribution is 2.47. The topological polar surface area (TPSA) is 58.6 Å². The molecular weight excluding hydrogens is 206 g/mol. The molecule has 0 heterocycles. The number of aliphatic hydroxyl groups excluding tert-OH is 1. The van der Waals surface area contributed by atoms with Crippen molar-refractivity contribution in [2.24, 2.45) is 5.41 Å². The molecule has 0 saturated heterocycles. The van der Waals surface area contributed by atoms with E-state index >= 15 is 0 Å². The fourth-order valence-electron chi connectivity index (χ4n) is 2.54. The Kier molecular flexibility index (Phi) is 3.25. The average molecular weight is 229 g/mol. The molecule has 94 valence electrons. The number of carbonyl (C=O) groups excluding carboxylic acids is 1. The monoisotopic (exact) mass is 229 g/mol. The van der Waals surface area contributed by atoms with Crippen LogP contribution in [0.4, 0.5) is 4.79 Å². The third-order valence-electron chi connectivity index (χ3n) is 2.70. The van der Waals surface area contributed by atoms with Crippen LogP contribution in [0.2, 0.25) is 0 Å². The maximum absolute atomic E-state index is 11.6. The smallest absolute Gasteiger partial charge is 0.408 e. The maximum atomic E-state index is 11.6. The van der Waals surface area contributed by atoms with Gasteiger partial charge in [0.05, 0.1) is 12.1 Å². The van der Waals surface area contributed by atoms with Gasteiger partial charge in [0.15, 0.2) is 0 Å². The molecule has 1 aliphatic carbocycles. The van der Waals surface area contributed by atoms with Gasteiger partial charge in [-0.1, -0.05) is 13.8 Å².